The maximum atomic E-state index is 13.4. The van der Waals surface area contributed by atoms with Crippen molar-refractivity contribution in [1.29, 1.82) is 0 Å². The number of halogens is 3. The maximum absolute atomic E-state index is 13.4. The number of primary amides is 1. The van der Waals surface area contributed by atoms with Crippen molar-refractivity contribution in [3.05, 3.63) is 41.6 Å². The van der Waals surface area contributed by atoms with Crippen LogP contribution < -0.4 is 32.3 Å². The molecule has 36 heavy (non-hydrogen) atoms. The van der Waals surface area contributed by atoms with Gasteiger partial charge in [0.25, 0.3) is 5.91 Å². The van der Waals surface area contributed by atoms with Crippen molar-refractivity contribution in [2.45, 2.75) is 38.1 Å². The zero-order valence-corrected chi connectivity index (χ0v) is 19.9. The van der Waals surface area contributed by atoms with Gasteiger partial charge < -0.3 is 32.3 Å². The van der Waals surface area contributed by atoms with Crippen molar-refractivity contribution < 1.29 is 18.0 Å². The van der Waals surface area contributed by atoms with Gasteiger partial charge in [0.05, 0.1) is 23.3 Å². The first-order valence-electron chi connectivity index (χ1n) is 11.4. The van der Waals surface area contributed by atoms with Gasteiger partial charge in [0.2, 0.25) is 5.95 Å². The minimum absolute atomic E-state index is 0.00519. The summed E-state index contributed by atoms with van der Waals surface area (Å²) in [5.41, 5.74) is 16.9. The topological polar surface area (TPSA) is 152 Å². The molecule has 7 N–H and O–H groups in total. The van der Waals surface area contributed by atoms with Crippen molar-refractivity contribution in [3.8, 4) is 0 Å². The van der Waals surface area contributed by atoms with Crippen LogP contribution in [-0.4, -0.2) is 47.2 Å². The summed E-state index contributed by atoms with van der Waals surface area (Å²) in [6.45, 7) is 3.44. The van der Waals surface area contributed by atoms with Crippen LogP contribution in [0.4, 0.5) is 36.4 Å². The summed E-state index contributed by atoms with van der Waals surface area (Å²) >= 11 is 0. The molecule has 2 aromatic heterocycles. The number of nitrogens with two attached hydrogens (primary N) is 3. The van der Waals surface area contributed by atoms with E-state index >= 15 is 0 Å². The molecule has 4 rings (SSSR count). The number of pyridine rings is 1. The summed E-state index contributed by atoms with van der Waals surface area (Å²) in [6, 6.07) is 4.64. The third kappa shape index (κ3) is 5.20. The number of anilines is 4. The number of carbonyl (C=O) groups is 1. The van der Waals surface area contributed by atoms with Gasteiger partial charge in [0, 0.05) is 31.2 Å². The summed E-state index contributed by atoms with van der Waals surface area (Å²) in [7, 11) is 1.52. The molecule has 1 aliphatic heterocycles. The lowest BCUT2D eigenvalue weighted by Crippen LogP contribution is -2.49. The van der Waals surface area contributed by atoms with Crippen molar-refractivity contribution in [3.63, 3.8) is 0 Å². The summed E-state index contributed by atoms with van der Waals surface area (Å²) in [5.74, 6) is 0.413. The first-order valence-corrected chi connectivity index (χ1v) is 11.4. The molecule has 3 heterocycles. The second-order valence-electron chi connectivity index (χ2n) is 8.84. The van der Waals surface area contributed by atoms with Crippen molar-refractivity contribution >= 4 is 40.1 Å². The van der Waals surface area contributed by atoms with E-state index < -0.39 is 29.9 Å². The lowest BCUT2D eigenvalue weighted by molar-refractivity contribution is -0.137. The number of benzene rings is 1. The Morgan fingerprint density at radius 1 is 1.17 bits per heavy atom. The number of alkyl halides is 3. The largest absolute Gasteiger partial charge is 0.416 e. The van der Waals surface area contributed by atoms with E-state index in [1.165, 1.54) is 18.0 Å². The molecule has 0 saturated carbocycles. The van der Waals surface area contributed by atoms with E-state index in [2.05, 4.69) is 25.2 Å². The summed E-state index contributed by atoms with van der Waals surface area (Å²) in [6.07, 6.45) is -2.01. The molecule has 0 aliphatic carbocycles. The van der Waals surface area contributed by atoms with Crippen molar-refractivity contribution in [2.75, 3.05) is 41.0 Å². The van der Waals surface area contributed by atoms with Crippen LogP contribution >= 0.6 is 0 Å². The predicted molar refractivity (Wildman–Crippen MR) is 132 cm³/mol. The van der Waals surface area contributed by atoms with E-state index in [0.29, 0.717) is 22.3 Å². The fourth-order valence-electron chi connectivity index (χ4n) is 4.09. The van der Waals surface area contributed by atoms with Crippen LogP contribution in [0, 0.1) is 0 Å². The zero-order valence-electron chi connectivity index (χ0n) is 19.9. The molecule has 0 radical (unpaired) electrons. The van der Waals surface area contributed by atoms with E-state index in [-0.39, 0.29) is 11.6 Å². The Labute approximate surface area is 205 Å². The number of nitrogens with zero attached hydrogens (tertiary/aromatic N) is 5. The number of hydrogen-bond donors (Lipinski definition) is 4. The van der Waals surface area contributed by atoms with Gasteiger partial charge in [-0.05, 0) is 49.6 Å². The van der Waals surface area contributed by atoms with Crippen LogP contribution in [0.5, 0.6) is 0 Å². The Hall–Kier alpha value is -3.87. The molecule has 0 spiro atoms. The van der Waals surface area contributed by atoms with Gasteiger partial charge in [-0.1, -0.05) is 0 Å². The fraction of sp³-hybridized carbons (Fsp3) is 0.391. The molecule has 13 heteroatoms. The Morgan fingerprint density at radius 3 is 2.50 bits per heavy atom. The minimum atomic E-state index is -4.54. The molecule has 10 nitrogen and oxygen atoms in total. The van der Waals surface area contributed by atoms with E-state index in [4.69, 9.17) is 17.2 Å². The van der Waals surface area contributed by atoms with Crippen LogP contribution in [0.25, 0.3) is 10.9 Å². The van der Waals surface area contributed by atoms with E-state index in [1.807, 2.05) is 6.07 Å². The minimum Gasteiger partial charge on any atom is -0.399 e. The molecule has 192 valence electrons. The fourth-order valence-corrected chi connectivity index (χ4v) is 4.09. The van der Waals surface area contributed by atoms with Gasteiger partial charge in [0.1, 0.15) is 11.6 Å². The number of rotatable bonds is 7. The lowest BCUT2D eigenvalue weighted by Gasteiger charge is -2.25. The molecule has 1 unspecified atom stereocenters. The van der Waals surface area contributed by atoms with Gasteiger partial charge in [-0.25, -0.2) is 9.97 Å². The number of hydrogen-bond acceptors (Lipinski definition) is 9. The molecule has 1 amide bonds. The van der Waals surface area contributed by atoms with Crippen LogP contribution in [0.2, 0.25) is 0 Å². The number of nitrogen functional groups attached to an aromatic ring is 1. The summed E-state index contributed by atoms with van der Waals surface area (Å²) in [5, 5.41) is 3.80. The summed E-state index contributed by atoms with van der Waals surface area (Å²) < 4.78 is 40.1. The normalized spacial score (nSPS) is 15.7. The SMILES string of the molecule is C[C@@H](Nc1nc(N(C)C(N)C(N)=O)nc2cnc(N3CCCC3)cc12)c1cc(N)cc(C(F)(F)F)c1. The first-order chi connectivity index (χ1) is 16.9. The maximum Gasteiger partial charge on any atom is 0.416 e. The standard InChI is InChI=1S/C23H28F3N9O/c1-12(13-7-14(23(24,25)26)9-15(27)8-13)31-21-16-10-18(35-5-3-4-6-35)30-11-17(16)32-22(33-21)34(2)19(28)20(29)36/h7-12,19H,3-6,27-28H2,1-2H3,(H2,29,36)(H,31,32,33)/t12-,19?/m1/s1. The Balaban J connectivity index is 1.78. The van der Waals surface area contributed by atoms with Crippen LogP contribution in [0.15, 0.2) is 30.5 Å². The molecule has 1 saturated heterocycles. The Bertz CT molecular complexity index is 1280. The highest BCUT2D eigenvalue weighted by molar-refractivity contribution is 5.92. The smallest absolute Gasteiger partial charge is 0.399 e. The molecule has 0 bridgehead atoms. The molecule has 1 aliphatic rings. The second-order valence-corrected chi connectivity index (χ2v) is 8.84. The number of nitrogens with one attached hydrogen (secondary N) is 1. The zero-order chi connectivity index (χ0) is 26.2. The Morgan fingerprint density at radius 2 is 1.86 bits per heavy atom. The summed E-state index contributed by atoms with van der Waals surface area (Å²) in [4.78, 5) is 28.6. The monoisotopic (exact) mass is 503 g/mol. The van der Waals surface area contributed by atoms with E-state index in [0.717, 1.165) is 43.9 Å². The number of amides is 1. The van der Waals surface area contributed by atoms with Crippen molar-refractivity contribution in [1.82, 2.24) is 15.0 Å². The number of fused-ring (bicyclic) bond motifs is 1. The molecular formula is C23H28F3N9O. The van der Waals surface area contributed by atoms with E-state index in [1.54, 1.807) is 13.1 Å². The van der Waals surface area contributed by atoms with Gasteiger partial charge in [-0.2, -0.15) is 18.2 Å². The Kier molecular flexibility index (Phi) is 6.76. The quantitative estimate of drug-likeness (QED) is 0.281. The van der Waals surface area contributed by atoms with Gasteiger partial charge >= 0.3 is 6.18 Å². The first kappa shape index (κ1) is 25.2. The molecule has 1 fully saturated rings. The third-order valence-electron chi connectivity index (χ3n) is 6.17. The predicted octanol–water partition coefficient (Wildman–Crippen LogP) is 2.61. The highest BCUT2D eigenvalue weighted by atomic mass is 19.4. The molecular weight excluding hydrogens is 475 g/mol. The van der Waals surface area contributed by atoms with E-state index in [9.17, 15) is 18.0 Å². The van der Waals surface area contributed by atoms with Crippen LogP contribution in [0.1, 0.15) is 36.9 Å². The third-order valence-corrected chi connectivity index (χ3v) is 6.17. The molecule has 3 aromatic rings. The lowest BCUT2D eigenvalue weighted by atomic mass is 10.0. The average molecular weight is 504 g/mol. The van der Waals surface area contributed by atoms with Gasteiger partial charge in [-0.3, -0.25) is 4.79 Å². The number of likely N-dealkylation sites (N-methyl/N-ethyl adjacent to an activating group) is 1. The highest BCUT2D eigenvalue weighted by Gasteiger charge is 2.31. The number of aromatic nitrogens is 3. The number of carbonyl (C=O) groups excluding carboxylic acids is 1. The molecule has 2 atom stereocenters. The highest BCUT2D eigenvalue weighted by Crippen LogP contribution is 2.34. The average Bonchev–Trinajstić information content (AvgIpc) is 3.36. The van der Waals surface area contributed by atoms with Crippen LogP contribution in [-0.2, 0) is 11.0 Å². The van der Waals surface area contributed by atoms with Crippen LogP contribution in [0.3, 0.4) is 0 Å². The molecule has 1 aromatic carbocycles. The van der Waals surface area contributed by atoms with Crippen molar-refractivity contribution in [2.24, 2.45) is 11.5 Å². The van der Waals surface area contributed by atoms with Gasteiger partial charge in [0.15, 0.2) is 6.17 Å². The second kappa shape index (κ2) is 9.64. The van der Waals surface area contributed by atoms with Gasteiger partial charge in [-0.15, -0.1) is 0 Å².